The van der Waals surface area contributed by atoms with Crippen molar-refractivity contribution in [2.24, 2.45) is 0 Å². The highest BCUT2D eigenvalue weighted by molar-refractivity contribution is 14.1. The highest BCUT2D eigenvalue weighted by atomic mass is 127. The molecule has 3 rings (SSSR count). The van der Waals surface area contributed by atoms with E-state index in [9.17, 15) is 22.4 Å². The van der Waals surface area contributed by atoms with Gasteiger partial charge < -0.3 is 9.47 Å². The van der Waals surface area contributed by atoms with Gasteiger partial charge in [-0.25, -0.2) is 31.9 Å². The Hall–Kier alpha value is -2.74. The lowest BCUT2D eigenvalue weighted by Gasteiger charge is -2.26. The summed E-state index contributed by atoms with van der Waals surface area (Å²) in [7, 11) is -4.23. The molecule has 0 N–H and O–H groups in total. The molecular formula is C24H27FIN3O6S. The van der Waals surface area contributed by atoms with Crippen molar-refractivity contribution >= 4 is 61.5 Å². The molecule has 2 aromatic heterocycles. The van der Waals surface area contributed by atoms with Crippen molar-refractivity contribution < 1.29 is 31.9 Å². The minimum Gasteiger partial charge on any atom is -0.443 e. The van der Waals surface area contributed by atoms with Gasteiger partial charge in [-0.2, -0.15) is 4.31 Å². The second kappa shape index (κ2) is 9.61. The number of carbonyl (C=O) groups excluding carboxylic acids is 2. The number of halogens is 2. The molecule has 12 heteroatoms. The van der Waals surface area contributed by atoms with Crippen molar-refractivity contribution in [2.45, 2.75) is 52.7 Å². The Morgan fingerprint density at radius 3 is 2.19 bits per heavy atom. The number of ether oxygens (including phenoxy) is 2. The van der Waals surface area contributed by atoms with Crippen LogP contribution in [0.3, 0.4) is 0 Å². The number of fused-ring (bicyclic) bond motifs is 1. The first-order valence-electron chi connectivity index (χ1n) is 10.8. The smallest absolute Gasteiger partial charge is 0.428 e. The fraction of sp³-hybridized carbons (Fsp3) is 0.375. The predicted octanol–water partition coefficient (Wildman–Crippen LogP) is 5.93. The monoisotopic (exact) mass is 631 g/mol. The lowest BCUT2D eigenvalue weighted by molar-refractivity contribution is 0.0541. The summed E-state index contributed by atoms with van der Waals surface area (Å²) in [5.74, 6) is -0.922. The van der Waals surface area contributed by atoms with Gasteiger partial charge in [-0.15, -0.1) is 0 Å². The van der Waals surface area contributed by atoms with Crippen LogP contribution in [0.15, 0.2) is 36.7 Å². The Kier molecular flexibility index (Phi) is 7.44. The van der Waals surface area contributed by atoms with Crippen LogP contribution in [-0.4, -0.2) is 47.6 Å². The number of pyridine rings is 1. The van der Waals surface area contributed by atoms with Crippen molar-refractivity contribution in [3.8, 4) is 11.1 Å². The van der Waals surface area contributed by atoms with E-state index >= 15 is 0 Å². The third kappa shape index (κ3) is 6.33. The van der Waals surface area contributed by atoms with Gasteiger partial charge in [0.1, 0.15) is 17.0 Å². The summed E-state index contributed by atoms with van der Waals surface area (Å²) in [5.41, 5.74) is -0.888. The largest absolute Gasteiger partial charge is 0.443 e. The summed E-state index contributed by atoms with van der Waals surface area (Å²) in [5, 5.41) is 0.636. The molecule has 0 bridgehead atoms. The molecule has 0 radical (unpaired) electrons. The molecule has 0 aliphatic carbocycles. The predicted molar refractivity (Wildman–Crippen MR) is 143 cm³/mol. The van der Waals surface area contributed by atoms with Gasteiger partial charge in [0.2, 0.25) is 10.0 Å². The van der Waals surface area contributed by atoms with E-state index in [0.717, 1.165) is 15.9 Å². The molecule has 0 unspecified atom stereocenters. The zero-order valence-corrected chi connectivity index (χ0v) is 23.9. The summed E-state index contributed by atoms with van der Waals surface area (Å²) in [6, 6.07) is 5.48. The van der Waals surface area contributed by atoms with Crippen molar-refractivity contribution in [1.82, 2.24) is 9.55 Å². The van der Waals surface area contributed by atoms with E-state index in [1.807, 2.05) is 0 Å². The highest BCUT2D eigenvalue weighted by Crippen LogP contribution is 2.32. The molecule has 3 aromatic rings. The first-order valence-corrected chi connectivity index (χ1v) is 13.7. The SMILES string of the molecule is CC(C)(C)OC(=O)N(c1cc(-c2cnc3c(c2)c(I)cn3C(=O)OC(C)(C)C)ccc1F)S(C)(=O)=O. The van der Waals surface area contributed by atoms with Gasteiger partial charge in [-0.1, -0.05) is 6.07 Å². The molecular weight excluding hydrogens is 604 g/mol. The minimum absolute atomic E-state index is 0.297. The van der Waals surface area contributed by atoms with E-state index in [4.69, 9.17) is 9.47 Å². The number of anilines is 1. The van der Waals surface area contributed by atoms with Crippen LogP contribution in [0, 0.1) is 9.39 Å². The number of nitrogens with zero attached hydrogens (tertiary/aromatic N) is 3. The highest BCUT2D eigenvalue weighted by Gasteiger charge is 2.32. The Morgan fingerprint density at radius 1 is 1.03 bits per heavy atom. The van der Waals surface area contributed by atoms with E-state index in [1.165, 1.54) is 22.9 Å². The summed E-state index contributed by atoms with van der Waals surface area (Å²) in [6.45, 7) is 10.0. The van der Waals surface area contributed by atoms with Crippen LogP contribution in [-0.2, 0) is 19.5 Å². The number of aromatic nitrogens is 2. The molecule has 1 amide bonds. The quantitative estimate of drug-likeness (QED) is 0.330. The molecule has 0 saturated carbocycles. The lowest BCUT2D eigenvalue weighted by atomic mass is 10.1. The topological polar surface area (TPSA) is 108 Å². The molecule has 0 atom stereocenters. The van der Waals surface area contributed by atoms with E-state index in [-0.39, 0.29) is 0 Å². The summed E-state index contributed by atoms with van der Waals surface area (Å²) >= 11 is 2.06. The molecule has 2 heterocycles. The van der Waals surface area contributed by atoms with Crippen LogP contribution >= 0.6 is 22.6 Å². The molecule has 194 valence electrons. The van der Waals surface area contributed by atoms with Crippen molar-refractivity contribution in [2.75, 3.05) is 10.6 Å². The van der Waals surface area contributed by atoms with Crippen LogP contribution in [0.1, 0.15) is 41.5 Å². The first kappa shape index (κ1) is 27.8. The average Bonchev–Trinajstić information content (AvgIpc) is 3.02. The van der Waals surface area contributed by atoms with Gasteiger partial charge in [0.15, 0.2) is 5.65 Å². The lowest BCUT2D eigenvalue weighted by Crippen LogP contribution is -2.40. The standard InChI is InChI=1S/C24H27FIN3O6S/c1-23(2,3)34-21(30)28-13-18(26)16-10-15(12-27-20(16)28)14-8-9-17(25)19(11-14)29(36(7,32)33)22(31)35-24(4,5)6/h8-13H,1-7H3. The minimum atomic E-state index is -4.23. The van der Waals surface area contributed by atoms with Crippen LogP contribution < -0.4 is 4.31 Å². The normalized spacial score (nSPS) is 12.5. The molecule has 0 spiro atoms. The Morgan fingerprint density at radius 2 is 1.64 bits per heavy atom. The molecule has 0 saturated heterocycles. The summed E-state index contributed by atoms with van der Waals surface area (Å²) < 4.78 is 52.7. The number of benzene rings is 1. The molecule has 1 aromatic carbocycles. The number of hydrogen-bond donors (Lipinski definition) is 0. The molecule has 0 fully saturated rings. The van der Waals surface area contributed by atoms with Gasteiger partial charge in [-0.05, 0) is 87.9 Å². The van der Waals surface area contributed by atoms with Crippen molar-refractivity contribution in [3.05, 3.63) is 46.0 Å². The fourth-order valence-corrected chi connectivity index (χ4v) is 4.72. The number of sulfonamides is 1. The number of amides is 1. The maximum absolute atomic E-state index is 14.8. The van der Waals surface area contributed by atoms with E-state index < -0.39 is 44.9 Å². The third-order valence-corrected chi connectivity index (χ3v) is 6.44. The van der Waals surface area contributed by atoms with Crippen molar-refractivity contribution in [1.29, 1.82) is 0 Å². The van der Waals surface area contributed by atoms with Crippen molar-refractivity contribution in [3.63, 3.8) is 0 Å². The zero-order valence-electron chi connectivity index (χ0n) is 20.9. The van der Waals surface area contributed by atoms with Gasteiger partial charge in [0.05, 0.1) is 11.9 Å². The second-order valence-corrected chi connectivity index (χ2v) is 13.1. The zero-order chi connectivity index (χ0) is 27.2. The van der Waals surface area contributed by atoms with E-state index in [1.54, 1.807) is 53.8 Å². The van der Waals surface area contributed by atoms with Crippen LogP contribution in [0.2, 0.25) is 0 Å². The van der Waals surface area contributed by atoms with Crippen LogP contribution in [0.4, 0.5) is 19.7 Å². The Balaban J connectivity index is 2.09. The van der Waals surface area contributed by atoms with Crippen LogP contribution in [0.25, 0.3) is 22.2 Å². The summed E-state index contributed by atoms with van der Waals surface area (Å²) in [4.78, 5) is 29.7. The Labute approximate surface area is 222 Å². The maximum atomic E-state index is 14.8. The summed E-state index contributed by atoms with van der Waals surface area (Å²) in [6.07, 6.45) is 2.05. The van der Waals surface area contributed by atoms with Gasteiger partial charge in [0, 0.05) is 26.9 Å². The molecule has 0 aliphatic rings. The van der Waals surface area contributed by atoms with Crippen LogP contribution in [0.5, 0.6) is 0 Å². The maximum Gasteiger partial charge on any atom is 0.428 e. The van der Waals surface area contributed by atoms with E-state index in [2.05, 4.69) is 27.6 Å². The number of hydrogen-bond acceptors (Lipinski definition) is 7. The fourth-order valence-electron chi connectivity index (χ4n) is 3.24. The molecule has 0 aliphatic heterocycles. The Bertz CT molecular complexity index is 1450. The van der Waals surface area contributed by atoms with Gasteiger partial charge >= 0.3 is 12.2 Å². The number of rotatable bonds is 3. The second-order valence-electron chi connectivity index (χ2n) is 10.1. The molecule has 36 heavy (non-hydrogen) atoms. The van der Waals surface area contributed by atoms with E-state index in [0.29, 0.717) is 26.5 Å². The first-order chi connectivity index (χ1) is 16.4. The average molecular weight is 631 g/mol. The third-order valence-electron chi connectivity index (χ3n) is 4.57. The molecule has 9 nitrogen and oxygen atoms in total. The van der Waals surface area contributed by atoms with Gasteiger partial charge in [-0.3, -0.25) is 0 Å². The number of carbonyl (C=O) groups is 2. The van der Waals surface area contributed by atoms with Gasteiger partial charge in [0.25, 0.3) is 0 Å².